The number of hydrogen-bond donors (Lipinski definition) is 0. The van der Waals surface area contributed by atoms with Crippen LogP contribution in [0.2, 0.25) is 5.82 Å². The first-order valence-electron chi connectivity index (χ1n) is 26.3. The fourth-order valence-electron chi connectivity index (χ4n) is 14.9. The molecule has 4 aliphatic heterocycles. The van der Waals surface area contributed by atoms with Gasteiger partial charge in [-0.3, -0.25) is 4.99 Å². The van der Waals surface area contributed by atoms with E-state index in [-0.39, 0.29) is 22.3 Å². The highest BCUT2D eigenvalue weighted by Gasteiger charge is 2.79. The fraction of sp³-hybridized carbons (Fsp3) is 0.532. The van der Waals surface area contributed by atoms with Gasteiger partial charge >= 0.3 is 0 Å². The van der Waals surface area contributed by atoms with Crippen LogP contribution in [0.5, 0.6) is 5.75 Å². The van der Waals surface area contributed by atoms with Crippen molar-refractivity contribution < 1.29 is 4.74 Å². The first-order chi connectivity index (χ1) is 31.8. The maximum atomic E-state index is 7.09. The van der Waals surface area contributed by atoms with Gasteiger partial charge in [-0.1, -0.05) is 178 Å². The van der Waals surface area contributed by atoms with Gasteiger partial charge < -0.3 is 14.5 Å². The largest absolute Gasteiger partial charge is 0.458 e. The summed E-state index contributed by atoms with van der Waals surface area (Å²) in [4.78, 5) is 10.7. The van der Waals surface area contributed by atoms with Crippen molar-refractivity contribution in [1.29, 1.82) is 0 Å². The van der Waals surface area contributed by atoms with E-state index in [0.717, 1.165) is 55.1 Å². The highest BCUT2D eigenvalue weighted by atomic mass is 16.5. The number of allylic oxidation sites excluding steroid dienone is 5. The Hall–Kier alpha value is -4.51. The van der Waals surface area contributed by atoms with Crippen molar-refractivity contribution >= 4 is 19.2 Å². The lowest BCUT2D eigenvalue weighted by Gasteiger charge is -2.49. The normalized spacial score (nSPS) is 33.1. The average molecular weight is 892 g/mol. The third-order valence-corrected chi connectivity index (χ3v) is 18.9. The third-order valence-electron chi connectivity index (χ3n) is 18.9. The molecular weight excluding hydrogens is 814 g/mol. The van der Waals surface area contributed by atoms with Crippen LogP contribution in [0.1, 0.15) is 136 Å². The zero-order valence-corrected chi connectivity index (χ0v) is 42.7. The zero-order valence-electron chi connectivity index (χ0n) is 42.7. The number of piperidine rings is 1. The first kappa shape index (κ1) is 45.0. The number of anilines is 1. The van der Waals surface area contributed by atoms with Crippen LogP contribution in [0.3, 0.4) is 0 Å². The molecule has 1 spiro atoms. The van der Waals surface area contributed by atoms with Crippen molar-refractivity contribution in [2.75, 3.05) is 18.0 Å². The second-order valence-corrected chi connectivity index (χ2v) is 26.0. The molecule has 3 aromatic rings. The van der Waals surface area contributed by atoms with Gasteiger partial charge in [0.05, 0.1) is 18.6 Å². The minimum absolute atomic E-state index is 0.0680. The van der Waals surface area contributed by atoms with E-state index in [1.807, 2.05) is 0 Å². The van der Waals surface area contributed by atoms with Gasteiger partial charge in [0.15, 0.2) is 0 Å². The minimum Gasteiger partial charge on any atom is -0.458 e. The van der Waals surface area contributed by atoms with Gasteiger partial charge in [0.2, 0.25) is 0 Å². The minimum atomic E-state index is -0.0680. The summed E-state index contributed by atoms with van der Waals surface area (Å²) in [5.74, 6) is 6.48. The number of benzene rings is 3. The van der Waals surface area contributed by atoms with Gasteiger partial charge in [-0.25, -0.2) is 0 Å². The molecular formula is C62H78BN3O. The molecule has 11 atom stereocenters. The first-order valence-corrected chi connectivity index (χ1v) is 26.3. The van der Waals surface area contributed by atoms with Crippen LogP contribution in [0.15, 0.2) is 137 Å². The van der Waals surface area contributed by atoms with E-state index in [1.165, 1.54) is 60.2 Å². The Morgan fingerprint density at radius 1 is 0.776 bits per heavy atom. The van der Waals surface area contributed by atoms with Crippen molar-refractivity contribution in [2.45, 2.75) is 154 Å². The summed E-state index contributed by atoms with van der Waals surface area (Å²) in [6, 6.07) is 29.0. The maximum Gasteiger partial charge on any atom is 0.135 e. The van der Waals surface area contributed by atoms with E-state index in [4.69, 9.17) is 9.73 Å². The predicted molar refractivity (Wildman–Crippen MR) is 283 cm³/mol. The van der Waals surface area contributed by atoms with Crippen molar-refractivity contribution in [3.63, 3.8) is 0 Å². The Kier molecular flexibility index (Phi) is 10.8. The summed E-state index contributed by atoms with van der Waals surface area (Å²) in [5, 5.41) is 0. The Balaban J connectivity index is 0.888. The topological polar surface area (TPSA) is 28.1 Å². The highest BCUT2D eigenvalue weighted by molar-refractivity contribution is 6.48. The second-order valence-electron chi connectivity index (χ2n) is 26.0. The lowest BCUT2D eigenvalue weighted by molar-refractivity contribution is 0.0841. The lowest BCUT2D eigenvalue weighted by atomic mass is 9.40. The van der Waals surface area contributed by atoms with Gasteiger partial charge in [0.25, 0.3) is 0 Å². The van der Waals surface area contributed by atoms with E-state index in [1.54, 1.807) is 5.56 Å². The van der Waals surface area contributed by atoms with Crippen molar-refractivity contribution in [3.8, 4) is 5.75 Å². The van der Waals surface area contributed by atoms with E-state index >= 15 is 0 Å². The number of likely N-dealkylation sites (tertiary alicyclic amines) is 1. The van der Waals surface area contributed by atoms with Gasteiger partial charge in [0.1, 0.15) is 18.8 Å². The predicted octanol–water partition coefficient (Wildman–Crippen LogP) is 13.9. The lowest BCUT2D eigenvalue weighted by Crippen LogP contribution is -2.52. The second kappa shape index (κ2) is 16.0. The van der Waals surface area contributed by atoms with Gasteiger partial charge in [-0.05, 0) is 118 Å². The summed E-state index contributed by atoms with van der Waals surface area (Å²) in [7, 11) is 1.31. The molecule has 0 N–H and O–H groups in total. The molecule has 350 valence electrons. The van der Waals surface area contributed by atoms with Crippen molar-refractivity contribution in [1.82, 2.24) is 4.90 Å². The molecule has 4 heterocycles. The molecule has 4 nitrogen and oxygen atoms in total. The highest BCUT2D eigenvalue weighted by Crippen LogP contribution is 2.83. The van der Waals surface area contributed by atoms with E-state index in [9.17, 15) is 0 Å². The molecule has 0 amide bonds. The number of rotatable bonds is 7. The fourth-order valence-corrected chi connectivity index (χ4v) is 14.9. The van der Waals surface area contributed by atoms with Crippen molar-refractivity contribution in [3.05, 3.63) is 155 Å². The third kappa shape index (κ3) is 7.67. The molecule has 3 saturated heterocycles. The smallest absolute Gasteiger partial charge is 0.135 e. The molecule has 3 aromatic carbocycles. The molecule has 5 fully saturated rings. The standard InChI is InChI=1S/C62H78BN3O/c1-58(2,3)41-24-27-53-51(34-41)49-26-25-48(36-54(49)66(53)46-33-42(28-29-64-37-46)61(10,11)40-18-13-12-14-19-40)67-47-21-17-20-45(35-47)65-38-62-55(50-22-15-16-23-52(50)65)57(62)63-56(62)39-30-43(59(4,5)6)32-44(31-39)60(7,8)9/h12-23,25,28,30-32,35-37,41,46,49-53,55-57,63H,24,26-27,29,33-34,38H2,1-11H3. The summed E-state index contributed by atoms with van der Waals surface area (Å²) >= 11 is 0. The van der Waals surface area contributed by atoms with Crippen LogP contribution in [0, 0.1) is 40.4 Å². The monoisotopic (exact) mass is 892 g/mol. The molecule has 67 heavy (non-hydrogen) atoms. The van der Waals surface area contributed by atoms with Crippen LogP contribution in [-0.4, -0.2) is 49.6 Å². The Morgan fingerprint density at radius 2 is 1.52 bits per heavy atom. The molecule has 0 bridgehead atoms. The van der Waals surface area contributed by atoms with Crippen LogP contribution in [-0.2, 0) is 16.2 Å². The number of fused-ring (bicyclic) bond motifs is 6. The molecule has 0 aromatic heterocycles. The molecule has 11 unspecified atom stereocenters. The molecule has 0 radical (unpaired) electrons. The molecule has 8 aliphatic rings. The number of hydrogen-bond acceptors (Lipinski definition) is 4. The molecule has 4 aliphatic carbocycles. The average Bonchev–Trinajstić information content (AvgIpc) is 3.79. The number of nitrogens with zero attached hydrogens (tertiary/aromatic N) is 3. The van der Waals surface area contributed by atoms with Crippen LogP contribution in [0.25, 0.3) is 0 Å². The zero-order chi connectivity index (χ0) is 46.8. The van der Waals surface area contributed by atoms with Crippen LogP contribution in [0.4, 0.5) is 5.69 Å². The van der Waals surface area contributed by atoms with Gasteiger partial charge in [-0.15, -0.1) is 0 Å². The SMILES string of the molecule is CC(C)(C)c1cc(C2BC3C4C5C=CC=CC5N(c5cccc(OC6=CCC7C(=C6)N(C6C=NCC=C(C(C)(C)c8ccccc8)C6)C6CCC(C(C)(C)C)CC76)c5)CC234)cc(C(C)(C)C)c1. The quantitative estimate of drug-likeness (QED) is 0.175. The summed E-state index contributed by atoms with van der Waals surface area (Å²) in [5.41, 5.74) is 11.0. The Bertz CT molecular complexity index is 2560. The molecule has 11 rings (SSSR count). The van der Waals surface area contributed by atoms with E-state index in [0.29, 0.717) is 46.5 Å². The van der Waals surface area contributed by atoms with Crippen LogP contribution < -0.4 is 9.64 Å². The van der Waals surface area contributed by atoms with Crippen molar-refractivity contribution in [2.24, 2.45) is 45.4 Å². The summed E-state index contributed by atoms with van der Waals surface area (Å²) in [6.45, 7) is 28.4. The van der Waals surface area contributed by atoms with Gasteiger partial charge in [-0.2, -0.15) is 0 Å². The molecule has 2 saturated carbocycles. The number of ether oxygens (including phenoxy) is 1. The Morgan fingerprint density at radius 3 is 2.25 bits per heavy atom. The maximum absolute atomic E-state index is 7.09. The summed E-state index contributed by atoms with van der Waals surface area (Å²) < 4.78 is 7.09. The molecule has 5 heteroatoms. The summed E-state index contributed by atoms with van der Waals surface area (Å²) in [6.07, 6.45) is 25.1. The van der Waals surface area contributed by atoms with Crippen LogP contribution >= 0.6 is 0 Å². The van der Waals surface area contributed by atoms with Gasteiger partial charge in [0, 0.05) is 53.5 Å². The number of aliphatic imine (C=N–C) groups is 1. The van der Waals surface area contributed by atoms with E-state index in [2.05, 4.69) is 208 Å². The van der Waals surface area contributed by atoms with E-state index < -0.39 is 0 Å². The Labute approximate surface area is 405 Å².